The molecule has 0 aliphatic carbocycles. The highest BCUT2D eigenvalue weighted by Gasteiger charge is 2.20. The Morgan fingerprint density at radius 2 is 1.79 bits per heavy atom. The summed E-state index contributed by atoms with van der Waals surface area (Å²) in [5, 5.41) is 8.85. The first-order valence-corrected chi connectivity index (χ1v) is 6.53. The van der Waals surface area contributed by atoms with Crippen molar-refractivity contribution in [1.82, 2.24) is 4.90 Å². The second kappa shape index (κ2) is 6.92. The molecule has 0 aliphatic rings. The van der Waals surface area contributed by atoms with Crippen LogP contribution in [0.5, 0.6) is 0 Å². The Morgan fingerprint density at radius 1 is 1.21 bits per heavy atom. The van der Waals surface area contributed by atoms with E-state index in [1.165, 1.54) is 4.90 Å². The van der Waals surface area contributed by atoms with Crippen molar-refractivity contribution >= 4 is 11.9 Å². The Morgan fingerprint density at radius 3 is 2.26 bits per heavy atom. The zero-order valence-corrected chi connectivity index (χ0v) is 11.7. The molecule has 4 heteroatoms. The van der Waals surface area contributed by atoms with Gasteiger partial charge >= 0.3 is 5.97 Å². The van der Waals surface area contributed by atoms with E-state index >= 15 is 0 Å². The van der Waals surface area contributed by atoms with Crippen molar-refractivity contribution in [2.24, 2.45) is 0 Å². The van der Waals surface area contributed by atoms with Crippen molar-refractivity contribution in [3.63, 3.8) is 0 Å². The van der Waals surface area contributed by atoms with E-state index in [4.69, 9.17) is 5.11 Å². The lowest BCUT2D eigenvalue weighted by Gasteiger charge is -2.25. The molecular weight excluding hydrogens is 242 g/mol. The van der Waals surface area contributed by atoms with Crippen LogP contribution in [-0.4, -0.2) is 34.5 Å². The zero-order chi connectivity index (χ0) is 14.4. The van der Waals surface area contributed by atoms with Gasteiger partial charge in [0.1, 0.15) is 6.54 Å². The Hall–Kier alpha value is -1.84. The fourth-order valence-electron chi connectivity index (χ4n) is 2.04. The molecule has 0 aromatic heterocycles. The number of carboxylic acid groups (broad SMARTS) is 1. The van der Waals surface area contributed by atoms with Gasteiger partial charge in [0.15, 0.2) is 0 Å². The van der Waals surface area contributed by atoms with Gasteiger partial charge in [0, 0.05) is 6.04 Å². The van der Waals surface area contributed by atoms with Crippen molar-refractivity contribution in [2.75, 3.05) is 6.54 Å². The maximum Gasteiger partial charge on any atom is 0.323 e. The Balaban J connectivity index is 2.84. The predicted molar refractivity (Wildman–Crippen MR) is 74.0 cm³/mol. The average molecular weight is 263 g/mol. The Labute approximate surface area is 114 Å². The molecule has 0 unspecified atom stereocenters. The second-order valence-corrected chi connectivity index (χ2v) is 4.81. The van der Waals surface area contributed by atoms with Crippen LogP contribution >= 0.6 is 0 Å². The minimum absolute atomic E-state index is 0.114. The summed E-state index contributed by atoms with van der Waals surface area (Å²) in [6.45, 7) is 5.45. The topological polar surface area (TPSA) is 57.6 Å². The highest BCUT2D eigenvalue weighted by Crippen LogP contribution is 2.12. The first-order valence-electron chi connectivity index (χ1n) is 6.53. The third kappa shape index (κ3) is 4.39. The Bertz CT molecular complexity index is 454. The molecule has 0 fully saturated rings. The van der Waals surface area contributed by atoms with E-state index < -0.39 is 5.97 Å². The fraction of sp³-hybridized carbons (Fsp3) is 0.467. The number of hydrogen-bond acceptors (Lipinski definition) is 2. The van der Waals surface area contributed by atoms with Gasteiger partial charge in [-0.15, -0.1) is 0 Å². The van der Waals surface area contributed by atoms with Gasteiger partial charge in [-0.1, -0.05) is 31.2 Å². The monoisotopic (exact) mass is 263 g/mol. The molecular formula is C15H21NO3. The van der Waals surface area contributed by atoms with Crippen molar-refractivity contribution in [3.8, 4) is 0 Å². The van der Waals surface area contributed by atoms with Crippen LogP contribution < -0.4 is 0 Å². The van der Waals surface area contributed by atoms with Gasteiger partial charge in [0.2, 0.25) is 5.91 Å². The molecule has 0 aliphatic heterocycles. The van der Waals surface area contributed by atoms with Crippen LogP contribution in [0.3, 0.4) is 0 Å². The van der Waals surface area contributed by atoms with E-state index in [-0.39, 0.29) is 24.9 Å². The number of carbonyl (C=O) groups is 2. The molecule has 0 bridgehead atoms. The highest BCUT2D eigenvalue weighted by atomic mass is 16.4. The van der Waals surface area contributed by atoms with E-state index in [0.717, 1.165) is 17.5 Å². The van der Waals surface area contributed by atoms with Gasteiger partial charge in [-0.3, -0.25) is 9.59 Å². The number of amides is 1. The summed E-state index contributed by atoms with van der Waals surface area (Å²) in [5.74, 6) is -1.12. The minimum atomic E-state index is -0.981. The molecule has 1 aromatic carbocycles. The number of nitrogens with zero attached hydrogens (tertiary/aromatic N) is 1. The second-order valence-electron chi connectivity index (χ2n) is 4.81. The van der Waals surface area contributed by atoms with Gasteiger partial charge in [-0.25, -0.2) is 0 Å². The summed E-state index contributed by atoms with van der Waals surface area (Å²) in [6.07, 6.45) is 1.12. The first-order chi connectivity index (χ1) is 8.95. The molecule has 1 aromatic rings. The number of rotatable bonds is 6. The van der Waals surface area contributed by atoms with Crippen molar-refractivity contribution in [3.05, 3.63) is 35.4 Å². The number of aryl methyl sites for hydroxylation is 1. The quantitative estimate of drug-likeness (QED) is 0.855. The van der Waals surface area contributed by atoms with E-state index in [1.54, 1.807) is 0 Å². The van der Waals surface area contributed by atoms with Crippen molar-refractivity contribution in [2.45, 2.75) is 39.7 Å². The average Bonchev–Trinajstić information content (AvgIpc) is 2.36. The summed E-state index contributed by atoms with van der Waals surface area (Å²) in [6, 6.07) is 7.66. The number of carbonyl (C=O) groups excluding carboxylic acids is 1. The van der Waals surface area contributed by atoms with Crippen LogP contribution in [0.2, 0.25) is 0 Å². The maximum absolute atomic E-state index is 12.2. The summed E-state index contributed by atoms with van der Waals surface area (Å²) in [4.78, 5) is 24.4. The van der Waals surface area contributed by atoms with Crippen LogP contribution in [0.4, 0.5) is 0 Å². The molecule has 104 valence electrons. The molecule has 0 atom stereocenters. The third-order valence-electron chi connectivity index (χ3n) is 3.09. The third-order valence-corrected chi connectivity index (χ3v) is 3.09. The lowest BCUT2D eigenvalue weighted by Crippen LogP contribution is -2.41. The van der Waals surface area contributed by atoms with Gasteiger partial charge in [-0.2, -0.15) is 0 Å². The molecule has 0 radical (unpaired) electrons. The molecule has 0 saturated carbocycles. The normalized spacial score (nSPS) is 10.5. The van der Waals surface area contributed by atoms with Gasteiger partial charge in [0.25, 0.3) is 0 Å². The molecule has 19 heavy (non-hydrogen) atoms. The highest BCUT2D eigenvalue weighted by molar-refractivity contribution is 5.83. The number of hydrogen-bond donors (Lipinski definition) is 1. The summed E-state index contributed by atoms with van der Waals surface area (Å²) >= 11 is 0. The molecule has 1 amide bonds. The molecule has 1 N–H and O–H groups in total. The van der Waals surface area contributed by atoms with Crippen LogP contribution in [0.15, 0.2) is 24.3 Å². The number of benzene rings is 1. The van der Waals surface area contributed by atoms with E-state index in [1.807, 2.05) is 45.0 Å². The van der Waals surface area contributed by atoms with Gasteiger partial charge < -0.3 is 10.0 Å². The predicted octanol–water partition coefficient (Wildman–Crippen LogP) is 2.11. The van der Waals surface area contributed by atoms with Crippen LogP contribution in [0.1, 0.15) is 31.9 Å². The summed E-state index contributed by atoms with van der Waals surface area (Å²) in [5.41, 5.74) is 2.11. The molecule has 0 saturated heterocycles. The standard InChI is InChI=1S/C15H21NO3/c1-4-12-7-5-6-8-13(12)9-14(17)16(11(2)3)10-15(18)19/h5-8,11H,4,9-10H2,1-3H3,(H,18,19). The van der Waals surface area contributed by atoms with E-state index in [9.17, 15) is 9.59 Å². The lowest BCUT2D eigenvalue weighted by atomic mass is 10.0. The Kier molecular flexibility index (Phi) is 5.55. The summed E-state index contributed by atoms with van der Waals surface area (Å²) < 4.78 is 0. The van der Waals surface area contributed by atoms with Gasteiger partial charge in [-0.05, 0) is 31.4 Å². The molecule has 0 heterocycles. The van der Waals surface area contributed by atoms with Crippen LogP contribution in [0.25, 0.3) is 0 Å². The van der Waals surface area contributed by atoms with Crippen LogP contribution in [-0.2, 0) is 22.4 Å². The first kappa shape index (κ1) is 15.2. The smallest absolute Gasteiger partial charge is 0.323 e. The van der Waals surface area contributed by atoms with Crippen molar-refractivity contribution in [1.29, 1.82) is 0 Å². The van der Waals surface area contributed by atoms with E-state index in [0.29, 0.717) is 0 Å². The minimum Gasteiger partial charge on any atom is -0.480 e. The molecule has 0 spiro atoms. The van der Waals surface area contributed by atoms with E-state index in [2.05, 4.69) is 0 Å². The molecule has 1 rings (SSSR count). The lowest BCUT2D eigenvalue weighted by molar-refractivity contribution is -0.145. The molecule has 4 nitrogen and oxygen atoms in total. The maximum atomic E-state index is 12.2. The zero-order valence-electron chi connectivity index (χ0n) is 11.7. The SMILES string of the molecule is CCc1ccccc1CC(=O)N(CC(=O)O)C(C)C. The number of carboxylic acids is 1. The van der Waals surface area contributed by atoms with Crippen molar-refractivity contribution < 1.29 is 14.7 Å². The van der Waals surface area contributed by atoms with Crippen LogP contribution in [0, 0.1) is 0 Å². The van der Waals surface area contributed by atoms with Gasteiger partial charge in [0.05, 0.1) is 6.42 Å². The largest absolute Gasteiger partial charge is 0.480 e. The summed E-state index contributed by atoms with van der Waals surface area (Å²) in [7, 11) is 0. The fourth-order valence-corrected chi connectivity index (χ4v) is 2.04. The number of aliphatic carboxylic acids is 1.